The maximum atomic E-state index is 13.6. The van der Waals surface area contributed by atoms with Crippen molar-refractivity contribution in [3.8, 4) is 11.3 Å². The van der Waals surface area contributed by atoms with Crippen LogP contribution < -0.4 is 5.48 Å². The van der Waals surface area contributed by atoms with Crippen LogP contribution in [0.1, 0.15) is 112 Å². The lowest BCUT2D eigenvalue weighted by Gasteiger charge is -2.47. The van der Waals surface area contributed by atoms with Crippen LogP contribution in [0.25, 0.3) is 11.3 Å². The van der Waals surface area contributed by atoms with Crippen molar-refractivity contribution >= 4 is 11.9 Å². The van der Waals surface area contributed by atoms with E-state index in [4.69, 9.17) is 19.4 Å². The maximum absolute atomic E-state index is 13.6. The van der Waals surface area contributed by atoms with E-state index < -0.39 is 77.9 Å². The lowest BCUT2D eigenvalue weighted by Crippen LogP contribution is -2.59. The molecule has 14 atom stereocenters. The fourth-order valence-corrected chi connectivity index (χ4v) is 9.46. The standard InChI is InChI=1S/C45H76N6O11/c1-11-36-45(8,58)40(55)31(6)49(9)24-27(2)23-44(7,57)41(29(4)38(53)30(5)42(56)61-36)62-43-39(54)35(22-28(3)60-43)50(10)25-32-18-15-16-19-33(32)34-26-51(48-46-34)21-17-13-12-14-20-37(52)47-59/h15-16,18-19,26-31,35-36,38-41,43,53-55,57-59H,11-14,17,20-25H2,1-10H3,(H,47,52)/t27-,28-,29+,30-,31-,35+,36-,38+,39+,40-,41-,43+,44-,45-/m1/s1. The Balaban J connectivity index is 1.54. The van der Waals surface area contributed by atoms with Crippen LogP contribution in [-0.4, -0.2) is 154 Å². The second-order valence-corrected chi connectivity index (χ2v) is 18.8. The van der Waals surface area contributed by atoms with Crippen molar-refractivity contribution in [1.29, 1.82) is 0 Å². The molecule has 62 heavy (non-hydrogen) atoms. The van der Waals surface area contributed by atoms with Gasteiger partial charge < -0.3 is 44.6 Å². The molecule has 0 aliphatic carbocycles. The van der Waals surface area contributed by atoms with E-state index in [1.165, 1.54) is 13.8 Å². The summed E-state index contributed by atoms with van der Waals surface area (Å²) in [6.45, 7) is 15.3. The number of hydrogen-bond donors (Lipinski definition) is 7. The number of aliphatic hydroxyl groups excluding tert-OH is 3. The summed E-state index contributed by atoms with van der Waals surface area (Å²) < 4.78 is 20.5. The summed E-state index contributed by atoms with van der Waals surface area (Å²) in [5.74, 6) is -3.28. The van der Waals surface area contributed by atoms with Gasteiger partial charge in [-0.25, -0.2) is 5.48 Å². The Labute approximate surface area is 367 Å². The largest absolute Gasteiger partial charge is 0.459 e. The summed E-state index contributed by atoms with van der Waals surface area (Å²) >= 11 is 0. The van der Waals surface area contributed by atoms with Crippen LogP contribution in [0.4, 0.5) is 0 Å². The van der Waals surface area contributed by atoms with Crippen molar-refractivity contribution in [3.63, 3.8) is 0 Å². The zero-order valence-electron chi connectivity index (χ0n) is 38.6. The molecule has 2 fully saturated rings. The molecule has 7 N–H and O–H groups in total. The van der Waals surface area contributed by atoms with E-state index in [-0.39, 0.29) is 37.2 Å². The first-order valence-corrected chi connectivity index (χ1v) is 22.4. The van der Waals surface area contributed by atoms with E-state index in [0.29, 0.717) is 32.5 Å². The Kier molecular flexibility index (Phi) is 18.9. The number of esters is 1. The lowest BCUT2D eigenvalue weighted by molar-refractivity contribution is -0.300. The van der Waals surface area contributed by atoms with Gasteiger partial charge in [0.1, 0.15) is 29.6 Å². The third kappa shape index (κ3) is 13.0. The SMILES string of the molecule is CC[C@H]1OC(=O)[C@H](C)[C@@H](O)[C@H](C)[C@@H](O[C@@H]2O[C@H](C)C[C@H](N(C)Cc3ccccc3-c3cn(CCCCCCC(=O)NO)nn3)[C@@H]2O)[C@](C)(O)C[C@@H](C)CN(C)[C@H](C)[C@@H](O)[C@]1(C)O. The summed E-state index contributed by atoms with van der Waals surface area (Å²) in [7, 11) is 3.75. The van der Waals surface area contributed by atoms with Gasteiger partial charge in [-0.05, 0) is 92.3 Å². The van der Waals surface area contributed by atoms with Gasteiger partial charge in [-0.2, -0.15) is 0 Å². The van der Waals surface area contributed by atoms with Gasteiger partial charge in [0.2, 0.25) is 5.91 Å². The number of nitrogens with one attached hydrogen (secondary N) is 1. The molecule has 4 rings (SSSR count). The minimum absolute atomic E-state index is 0.164. The van der Waals surface area contributed by atoms with E-state index in [1.807, 2.05) is 68.0 Å². The highest BCUT2D eigenvalue weighted by atomic mass is 16.7. The molecule has 1 amide bonds. The van der Waals surface area contributed by atoms with Gasteiger partial charge in [0.05, 0.1) is 36.0 Å². The minimum atomic E-state index is -1.79. The predicted octanol–water partition coefficient (Wildman–Crippen LogP) is 3.26. The monoisotopic (exact) mass is 877 g/mol. The molecule has 0 spiro atoms. The fraction of sp³-hybridized carbons (Fsp3) is 0.778. The molecule has 0 bridgehead atoms. The number of aliphatic hydroxyl groups is 5. The van der Waals surface area contributed by atoms with Gasteiger partial charge >= 0.3 is 5.97 Å². The number of unbranched alkanes of at least 4 members (excludes halogenated alkanes) is 3. The molecular weight excluding hydrogens is 801 g/mol. The van der Waals surface area contributed by atoms with Crippen LogP contribution in [-0.2, 0) is 36.9 Å². The number of ether oxygens (including phenoxy) is 3. The van der Waals surface area contributed by atoms with Gasteiger partial charge in [0.25, 0.3) is 0 Å². The van der Waals surface area contributed by atoms with Crippen molar-refractivity contribution < 1.29 is 54.5 Å². The van der Waals surface area contributed by atoms with Crippen LogP contribution in [0, 0.1) is 17.8 Å². The van der Waals surface area contributed by atoms with Crippen LogP contribution in [0.3, 0.4) is 0 Å². The Morgan fingerprint density at radius 3 is 2.39 bits per heavy atom. The maximum Gasteiger partial charge on any atom is 0.311 e. The number of carbonyl (C=O) groups excluding carboxylic acids is 2. The molecule has 3 heterocycles. The van der Waals surface area contributed by atoms with Crippen molar-refractivity contribution in [1.82, 2.24) is 30.3 Å². The van der Waals surface area contributed by atoms with Crippen molar-refractivity contribution in [2.45, 2.75) is 186 Å². The molecule has 0 radical (unpaired) electrons. The fourth-order valence-electron chi connectivity index (χ4n) is 9.46. The second-order valence-electron chi connectivity index (χ2n) is 18.8. The molecular formula is C45H76N6O11. The zero-order chi connectivity index (χ0) is 46.1. The van der Waals surface area contributed by atoms with Crippen LogP contribution in [0.5, 0.6) is 0 Å². The van der Waals surface area contributed by atoms with E-state index >= 15 is 0 Å². The van der Waals surface area contributed by atoms with Gasteiger partial charge in [0.15, 0.2) is 6.29 Å². The number of hydrogen-bond acceptors (Lipinski definition) is 15. The molecule has 17 heteroatoms. The Morgan fingerprint density at radius 1 is 1.03 bits per heavy atom. The number of cyclic esters (lactones) is 1. The number of benzene rings is 1. The van der Waals surface area contributed by atoms with E-state index in [9.17, 15) is 35.1 Å². The van der Waals surface area contributed by atoms with Crippen molar-refractivity contribution in [2.75, 3.05) is 20.6 Å². The summed E-state index contributed by atoms with van der Waals surface area (Å²) in [4.78, 5) is 28.8. The molecule has 1 aromatic carbocycles. The quantitative estimate of drug-likeness (QED) is 0.0625. The third-order valence-corrected chi connectivity index (χ3v) is 13.3. The van der Waals surface area contributed by atoms with Crippen LogP contribution in [0.15, 0.2) is 30.5 Å². The van der Waals surface area contributed by atoms with Gasteiger partial charge in [-0.15, -0.1) is 5.10 Å². The molecule has 352 valence electrons. The summed E-state index contributed by atoms with van der Waals surface area (Å²) in [5.41, 5.74) is 0.869. The lowest BCUT2D eigenvalue weighted by atomic mass is 9.78. The summed E-state index contributed by atoms with van der Waals surface area (Å²) in [5, 5.41) is 76.6. The van der Waals surface area contributed by atoms with Crippen molar-refractivity contribution in [3.05, 3.63) is 36.0 Å². The molecule has 2 aliphatic heterocycles. The number of aryl methyl sites for hydroxylation is 1. The van der Waals surface area contributed by atoms with E-state index in [0.717, 1.165) is 36.1 Å². The van der Waals surface area contributed by atoms with Gasteiger partial charge in [-0.3, -0.25) is 24.4 Å². The predicted molar refractivity (Wildman–Crippen MR) is 231 cm³/mol. The number of hydroxylamine groups is 1. The Bertz CT molecular complexity index is 1710. The first-order chi connectivity index (χ1) is 29.1. The summed E-state index contributed by atoms with van der Waals surface area (Å²) in [6, 6.07) is 6.93. The number of amides is 1. The average Bonchev–Trinajstić information content (AvgIpc) is 3.70. The minimum Gasteiger partial charge on any atom is -0.459 e. The van der Waals surface area contributed by atoms with Crippen LogP contribution in [0.2, 0.25) is 0 Å². The first-order valence-electron chi connectivity index (χ1n) is 22.4. The van der Waals surface area contributed by atoms with Gasteiger partial charge in [0, 0.05) is 49.6 Å². The topological polar surface area (TPSA) is 232 Å². The molecule has 2 saturated heterocycles. The molecule has 17 nitrogen and oxygen atoms in total. The smallest absolute Gasteiger partial charge is 0.311 e. The highest BCUT2D eigenvalue weighted by Gasteiger charge is 2.50. The zero-order valence-corrected chi connectivity index (χ0v) is 38.6. The number of aromatic nitrogens is 3. The molecule has 0 saturated carbocycles. The molecule has 1 aromatic heterocycles. The van der Waals surface area contributed by atoms with Gasteiger partial charge in [-0.1, -0.05) is 63.1 Å². The highest BCUT2D eigenvalue weighted by Crippen LogP contribution is 2.37. The summed E-state index contributed by atoms with van der Waals surface area (Å²) in [6.07, 6.45) is -1.12. The van der Waals surface area contributed by atoms with E-state index in [2.05, 4.69) is 15.2 Å². The number of likely N-dealkylation sites (N-methyl/N-ethyl adjacent to an activating group) is 2. The Morgan fingerprint density at radius 2 is 1.71 bits per heavy atom. The number of rotatable bonds is 14. The van der Waals surface area contributed by atoms with Crippen molar-refractivity contribution in [2.24, 2.45) is 17.8 Å². The Hall–Kier alpha value is -3.10. The average molecular weight is 877 g/mol. The molecule has 2 aliphatic rings. The second kappa shape index (κ2) is 22.7. The number of nitrogens with zero attached hydrogens (tertiary/aromatic N) is 5. The van der Waals surface area contributed by atoms with E-state index in [1.54, 1.807) is 33.2 Å². The highest BCUT2D eigenvalue weighted by molar-refractivity contribution is 5.74. The van der Waals surface area contributed by atoms with Crippen LogP contribution >= 0.6 is 0 Å². The first kappa shape index (κ1) is 51.5. The normalized spacial score (nSPS) is 35.9. The third-order valence-electron chi connectivity index (χ3n) is 13.3. The number of carbonyl (C=O) groups is 2. The molecule has 0 unspecified atom stereocenters. The molecule has 2 aromatic rings.